The van der Waals surface area contributed by atoms with Gasteiger partial charge < -0.3 is 24.3 Å². The van der Waals surface area contributed by atoms with E-state index in [0.717, 1.165) is 17.7 Å². The van der Waals surface area contributed by atoms with Gasteiger partial charge in [0.25, 0.3) is 5.56 Å². The first-order valence-corrected chi connectivity index (χ1v) is 12.4. The van der Waals surface area contributed by atoms with Crippen molar-refractivity contribution in [2.24, 2.45) is 5.92 Å². The van der Waals surface area contributed by atoms with Gasteiger partial charge in [-0.2, -0.15) is 0 Å². The van der Waals surface area contributed by atoms with E-state index in [1.165, 1.54) is 0 Å². The Bertz CT molecular complexity index is 1150. The number of pyridine rings is 1. The molecule has 0 spiro atoms. The summed E-state index contributed by atoms with van der Waals surface area (Å²) in [6, 6.07) is 14.8. The van der Waals surface area contributed by atoms with Crippen molar-refractivity contribution in [3.63, 3.8) is 0 Å². The molecule has 1 aromatic carbocycles. The van der Waals surface area contributed by atoms with Gasteiger partial charge in [-0.05, 0) is 37.8 Å². The van der Waals surface area contributed by atoms with Crippen LogP contribution < -0.4 is 10.9 Å². The molecule has 35 heavy (non-hydrogen) atoms. The summed E-state index contributed by atoms with van der Waals surface area (Å²) in [5, 5.41) is 3.02. The van der Waals surface area contributed by atoms with Crippen LogP contribution in [-0.2, 0) is 25.6 Å². The number of carbonyl (C=O) groups excluding carboxylic acids is 2. The molecule has 8 heteroatoms. The zero-order valence-electron chi connectivity index (χ0n) is 20.3. The van der Waals surface area contributed by atoms with Crippen molar-refractivity contribution in [3.05, 3.63) is 70.1 Å². The van der Waals surface area contributed by atoms with Gasteiger partial charge >= 0.3 is 0 Å². The third-order valence-electron chi connectivity index (χ3n) is 7.26. The topological polar surface area (TPSA) is 89.9 Å². The lowest BCUT2D eigenvalue weighted by atomic mass is 9.83. The monoisotopic (exact) mass is 479 g/mol. The van der Waals surface area contributed by atoms with Crippen LogP contribution in [-0.4, -0.2) is 52.8 Å². The number of piperidine rings is 1. The maximum absolute atomic E-state index is 13.0. The van der Waals surface area contributed by atoms with E-state index in [0.29, 0.717) is 26.2 Å². The molecule has 1 N–H and O–H groups in total. The van der Waals surface area contributed by atoms with Crippen molar-refractivity contribution in [2.45, 2.75) is 63.5 Å². The largest absolute Gasteiger partial charge is 0.348 e. The first kappa shape index (κ1) is 23.8. The van der Waals surface area contributed by atoms with E-state index in [1.54, 1.807) is 12.1 Å². The lowest BCUT2D eigenvalue weighted by Gasteiger charge is -2.43. The summed E-state index contributed by atoms with van der Waals surface area (Å²) in [6.45, 7) is 5.93. The first-order chi connectivity index (χ1) is 16.8. The summed E-state index contributed by atoms with van der Waals surface area (Å²) < 4.78 is 13.8. The molecule has 2 amide bonds. The van der Waals surface area contributed by atoms with Crippen LogP contribution in [0, 0.1) is 5.92 Å². The first-order valence-electron chi connectivity index (χ1n) is 12.4. The van der Waals surface area contributed by atoms with Crippen LogP contribution in [0.25, 0.3) is 0 Å². The van der Waals surface area contributed by atoms with E-state index in [-0.39, 0.29) is 54.2 Å². The van der Waals surface area contributed by atoms with Gasteiger partial charge in [-0.3, -0.25) is 14.4 Å². The van der Waals surface area contributed by atoms with Crippen LogP contribution in [0.1, 0.15) is 56.4 Å². The minimum atomic E-state index is -0.742. The van der Waals surface area contributed by atoms with E-state index >= 15 is 0 Å². The molecule has 4 atom stereocenters. The van der Waals surface area contributed by atoms with Crippen LogP contribution in [0.15, 0.2) is 53.3 Å². The van der Waals surface area contributed by atoms with Gasteiger partial charge in [-0.1, -0.05) is 36.4 Å². The zero-order valence-corrected chi connectivity index (χ0v) is 20.3. The molecule has 0 saturated carbocycles. The summed E-state index contributed by atoms with van der Waals surface area (Å²) in [5.74, 6) is -0.511. The normalized spacial score (nSPS) is 27.1. The van der Waals surface area contributed by atoms with Crippen molar-refractivity contribution in [3.8, 4) is 0 Å². The number of nitrogens with one attached hydrogen (secondary N) is 1. The summed E-state index contributed by atoms with van der Waals surface area (Å²) in [4.78, 5) is 39.9. The number of carbonyl (C=O) groups is 2. The van der Waals surface area contributed by atoms with Crippen LogP contribution in [0.2, 0.25) is 0 Å². The number of nitrogens with zero attached hydrogens (tertiary/aromatic N) is 2. The van der Waals surface area contributed by atoms with Gasteiger partial charge in [0.05, 0.1) is 12.6 Å². The number of benzene rings is 1. The fourth-order valence-corrected chi connectivity index (χ4v) is 5.62. The van der Waals surface area contributed by atoms with Gasteiger partial charge in [0.15, 0.2) is 5.79 Å². The molecular weight excluding hydrogens is 446 g/mol. The Kier molecular flexibility index (Phi) is 6.51. The molecule has 0 radical (unpaired) electrons. The minimum Gasteiger partial charge on any atom is -0.348 e. The Labute approximate surface area is 205 Å². The van der Waals surface area contributed by atoms with Crippen molar-refractivity contribution >= 4 is 11.8 Å². The predicted molar refractivity (Wildman–Crippen MR) is 130 cm³/mol. The third kappa shape index (κ3) is 5.18. The van der Waals surface area contributed by atoms with Crippen molar-refractivity contribution in [1.82, 2.24) is 14.8 Å². The van der Waals surface area contributed by atoms with Gasteiger partial charge in [-0.15, -0.1) is 0 Å². The summed E-state index contributed by atoms with van der Waals surface area (Å²) in [6.07, 6.45) is 0.932. The molecule has 2 saturated heterocycles. The number of hydrogen-bond donors (Lipinski definition) is 1. The highest BCUT2D eigenvalue weighted by Gasteiger charge is 2.39. The van der Waals surface area contributed by atoms with Gasteiger partial charge in [-0.25, -0.2) is 0 Å². The SMILES string of the molecule is CC1(C)OC[C@H](NC(=O)CCC(=O)N2C[C@@H]3C[C@H](C2)c2cccc(=O)n2C3)[C@H](c2ccccc2)O1. The summed E-state index contributed by atoms with van der Waals surface area (Å²) in [7, 11) is 0. The van der Waals surface area contributed by atoms with Crippen LogP contribution in [0.5, 0.6) is 0 Å². The number of hydrogen-bond acceptors (Lipinski definition) is 5. The number of likely N-dealkylation sites (tertiary alicyclic amines) is 1. The molecule has 4 heterocycles. The Balaban J connectivity index is 1.18. The smallest absolute Gasteiger partial charge is 0.250 e. The average molecular weight is 480 g/mol. The quantitative estimate of drug-likeness (QED) is 0.712. The summed E-state index contributed by atoms with van der Waals surface area (Å²) >= 11 is 0. The van der Waals surface area contributed by atoms with E-state index < -0.39 is 5.79 Å². The van der Waals surface area contributed by atoms with Gasteiger partial charge in [0.2, 0.25) is 11.8 Å². The molecule has 0 unspecified atom stereocenters. The Morgan fingerprint density at radius 3 is 2.63 bits per heavy atom. The minimum absolute atomic E-state index is 0.0153. The van der Waals surface area contributed by atoms with E-state index in [4.69, 9.17) is 9.47 Å². The maximum Gasteiger partial charge on any atom is 0.250 e. The van der Waals surface area contributed by atoms with Crippen molar-refractivity contribution in [1.29, 1.82) is 0 Å². The molecule has 2 fully saturated rings. The predicted octanol–water partition coefficient (Wildman–Crippen LogP) is 2.58. The highest BCUT2D eigenvalue weighted by molar-refractivity contribution is 5.84. The van der Waals surface area contributed by atoms with Gasteiger partial charge in [0.1, 0.15) is 6.10 Å². The molecular formula is C27H33N3O5. The number of amides is 2. The van der Waals surface area contributed by atoms with Crippen molar-refractivity contribution in [2.75, 3.05) is 19.7 Å². The average Bonchev–Trinajstić information content (AvgIpc) is 2.84. The lowest BCUT2D eigenvalue weighted by molar-refractivity contribution is -0.284. The number of rotatable bonds is 5. The molecule has 2 bridgehead atoms. The van der Waals surface area contributed by atoms with Crippen LogP contribution in [0.4, 0.5) is 0 Å². The third-order valence-corrected chi connectivity index (χ3v) is 7.26. The highest BCUT2D eigenvalue weighted by Crippen LogP contribution is 2.35. The second-order valence-electron chi connectivity index (χ2n) is 10.3. The van der Waals surface area contributed by atoms with Crippen LogP contribution in [0.3, 0.4) is 0 Å². The van der Waals surface area contributed by atoms with E-state index in [9.17, 15) is 14.4 Å². The number of aromatic nitrogens is 1. The molecule has 2 aromatic rings. The molecule has 3 aliphatic heterocycles. The molecule has 186 valence electrons. The maximum atomic E-state index is 13.0. The Hall–Kier alpha value is -2.97. The molecule has 8 nitrogen and oxygen atoms in total. The lowest BCUT2D eigenvalue weighted by Crippen LogP contribution is -2.52. The van der Waals surface area contributed by atoms with E-state index in [1.807, 2.05) is 59.7 Å². The summed E-state index contributed by atoms with van der Waals surface area (Å²) in [5.41, 5.74) is 2.02. The molecule has 1 aromatic heterocycles. The second kappa shape index (κ2) is 9.59. The fourth-order valence-electron chi connectivity index (χ4n) is 5.62. The standard InChI is InChI=1S/C27H33N3O5/c1-27(2)34-17-21(26(35-27)19-7-4-3-5-8-19)28-23(31)11-12-24(32)29-14-18-13-20(16-29)22-9-6-10-25(33)30(22)15-18/h3-10,18,20-21,26H,11-17H2,1-2H3,(H,28,31)/t18-,20+,21-,26-/m0/s1. The van der Waals surface area contributed by atoms with Gasteiger partial charge in [0, 0.05) is 50.2 Å². The Morgan fingerprint density at radius 1 is 1.03 bits per heavy atom. The van der Waals surface area contributed by atoms with E-state index in [2.05, 4.69) is 5.32 Å². The second-order valence-corrected chi connectivity index (χ2v) is 10.3. The highest BCUT2D eigenvalue weighted by atomic mass is 16.7. The molecule has 3 aliphatic rings. The fraction of sp³-hybridized carbons (Fsp3) is 0.519. The molecule has 5 rings (SSSR count). The number of fused-ring (bicyclic) bond motifs is 4. The van der Waals surface area contributed by atoms with Crippen LogP contribution >= 0.6 is 0 Å². The van der Waals surface area contributed by atoms with Crippen molar-refractivity contribution < 1.29 is 19.1 Å². The Morgan fingerprint density at radius 2 is 1.83 bits per heavy atom. The molecule has 0 aliphatic carbocycles. The number of ether oxygens (including phenoxy) is 2. The zero-order chi connectivity index (χ0) is 24.6.